The summed E-state index contributed by atoms with van der Waals surface area (Å²) in [7, 11) is -4.79. The van der Waals surface area contributed by atoms with E-state index >= 15 is 0 Å². The van der Waals surface area contributed by atoms with Gasteiger partial charge in [-0.05, 0) is 49.4 Å². The fourth-order valence-corrected chi connectivity index (χ4v) is 6.79. The third-order valence-corrected chi connectivity index (χ3v) is 9.53. The topological polar surface area (TPSA) is 109 Å². The number of sulfonamides is 1. The molecule has 0 unspecified atom stereocenters. The number of benzene rings is 2. The number of halogens is 3. The predicted octanol–water partition coefficient (Wildman–Crippen LogP) is 5.74. The van der Waals surface area contributed by atoms with Gasteiger partial charge in [0.2, 0.25) is 5.95 Å². The third kappa shape index (κ3) is 7.32. The molecule has 1 saturated heterocycles. The van der Waals surface area contributed by atoms with Crippen LogP contribution < -0.4 is 10.0 Å². The Bertz CT molecular complexity index is 1670. The summed E-state index contributed by atoms with van der Waals surface area (Å²) in [5.74, 6) is -2.98. The minimum absolute atomic E-state index is 0.0690. The van der Waals surface area contributed by atoms with Crippen molar-refractivity contribution in [3.05, 3.63) is 71.1 Å². The van der Waals surface area contributed by atoms with E-state index in [0.717, 1.165) is 68.5 Å². The Morgan fingerprint density at radius 3 is 2.49 bits per heavy atom. The SMILES string of the molecule is CC(C)c1nc(-c2ccc(F)c(NS(=O)(=O)c3c(F)cccc3F)c2)c(-c2ccnc(NCCCN3CCOCC3)n2)s1. The van der Waals surface area contributed by atoms with Gasteiger partial charge >= 0.3 is 0 Å². The molecule has 1 fully saturated rings. The van der Waals surface area contributed by atoms with Crippen LogP contribution in [0.2, 0.25) is 0 Å². The molecular weight excluding hydrogens is 601 g/mol. The van der Waals surface area contributed by atoms with Gasteiger partial charge in [0.15, 0.2) is 4.90 Å². The number of ether oxygens (including phenoxy) is 1. The number of hydrogen-bond donors (Lipinski definition) is 2. The average Bonchev–Trinajstić information content (AvgIpc) is 3.43. The van der Waals surface area contributed by atoms with Gasteiger partial charge in [0.05, 0.1) is 40.2 Å². The molecule has 14 heteroatoms. The molecule has 0 atom stereocenters. The first kappa shape index (κ1) is 30.9. The highest BCUT2D eigenvalue weighted by atomic mass is 32.2. The molecular formula is C29H31F3N6O3S2. The van der Waals surface area contributed by atoms with E-state index < -0.39 is 38.1 Å². The monoisotopic (exact) mass is 632 g/mol. The molecule has 2 N–H and O–H groups in total. The van der Waals surface area contributed by atoms with Crippen LogP contribution in [0.15, 0.2) is 53.6 Å². The van der Waals surface area contributed by atoms with Crippen molar-refractivity contribution in [2.24, 2.45) is 0 Å². The largest absolute Gasteiger partial charge is 0.379 e. The van der Waals surface area contributed by atoms with Crippen molar-refractivity contribution in [3.8, 4) is 21.8 Å². The van der Waals surface area contributed by atoms with Crippen molar-refractivity contribution in [1.82, 2.24) is 19.9 Å². The van der Waals surface area contributed by atoms with E-state index in [0.29, 0.717) is 34.3 Å². The molecule has 0 amide bonds. The standard InChI is InChI=1S/C29H31F3N6O3S2/c1-18(2)28-36-25(19-7-8-20(30)24(17-19)37-43(39,40)27-21(31)5-3-6-22(27)32)26(42-28)23-9-11-34-29(35-23)33-10-4-12-38-13-15-41-16-14-38/h3,5-9,11,17-18,37H,4,10,12-16H2,1-2H3,(H,33,34,35). The number of anilines is 2. The van der Waals surface area contributed by atoms with Gasteiger partial charge in [-0.2, -0.15) is 0 Å². The lowest BCUT2D eigenvalue weighted by molar-refractivity contribution is 0.0378. The Balaban J connectivity index is 1.41. The summed E-state index contributed by atoms with van der Waals surface area (Å²) in [6.07, 6.45) is 2.54. The van der Waals surface area contributed by atoms with Crippen molar-refractivity contribution in [2.75, 3.05) is 49.4 Å². The Morgan fingerprint density at radius 2 is 1.77 bits per heavy atom. The van der Waals surface area contributed by atoms with Crippen LogP contribution in [-0.2, 0) is 14.8 Å². The van der Waals surface area contributed by atoms with Crippen LogP contribution in [0, 0.1) is 17.5 Å². The second-order valence-corrected chi connectivity index (χ2v) is 12.9. The van der Waals surface area contributed by atoms with E-state index in [1.807, 2.05) is 18.6 Å². The molecule has 0 saturated carbocycles. The first-order valence-electron chi connectivity index (χ1n) is 13.8. The summed E-state index contributed by atoms with van der Waals surface area (Å²) < 4.78 is 76.4. The number of nitrogens with one attached hydrogen (secondary N) is 2. The van der Waals surface area contributed by atoms with Crippen LogP contribution in [0.4, 0.5) is 24.8 Å². The lowest BCUT2D eigenvalue weighted by Crippen LogP contribution is -2.37. The van der Waals surface area contributed by atoms with Gasteiger partial charge in [-0.1, -0.05) is 19.9 Å². The minimum atomic E-state index is -4.79. The summed E-state index contributed by atoms with van der Waals surface area (Å²) in [4.78, 5) is 15.6. The molecule has 5 rings (SSSR count). The van der Waals surface area contributed by atoms with Crippen LogP contribution in [0.1, 0.15) is 31.2 Å². The fraction of sp³-hybridized carbons (Fsp3) is 0.345. The van der Waals surface area contributed by atoms with Crippen molar-refractivity contribution in [2.45, 2.75) is 31.1 Å². The maximum absolute atomic E-state index is 14.8. The van der Waals surface area contributed by atoms with E-state index in [1.165, 1.54) is 23.5 Å². The lowest BCUT2D eigenvalue weighted by atomic mass is 10.1. The summed E-state index contributed by atoms with van der Waals surface area (Å²) in [5.41, 5.74) is 0.966. The Labute approximate surface area is 252 Å². The van der Waals surface area contributed by atoms with Gasteiger partial charge in [0.25, 0.3) is 10.0 Å². The molecule has 0 radical (unpaired) electrons. The highest BCUT2D eigenvalue weighted by Gasteiger charge is 2.26. The lowest BCUT2D eigenvalue weighted by Gasteiger charge is -2.26. The van der Waals surface area contributed by atoms with Gasteiger partial charge in [-0.25, -0.2) is 36.5 Å². The summed E-state index contributed by atoms with van der Waals surface area (Å²) >= 11 is 1.42. The summed E-state index contributed by atoms with van der Waals surface area (Å²) in [6.45, 7) is 8.93. The number of hydrogen-bond acceptors (Lipinski definition) is 9. The summed E-state index contributed by atoms with van der Waals surface area (Å²) in [5, 5.41) is 4.06. The Hall–Kier alpha value is -3.59. The highest BCUT2D eigenvalue weighted by molar-refractivity contribution is 7.92. The molecule has 1 aliphatic rings. The highest BCUT2D eigenvalue weighted by Crippen LogP contribution is 2.39. The van der Waals surface area contributed by atoms with Crippen LogP contribution >= 0.6 is 11.3 Å². The molecule has 2 aromatic carbocycles. The third-order valence-electron chi connectivity index (χ3n) is 6.74. The van der Waals surface area contributed by atoms with Crippen molar-refractivity contribution < 1.29 is 26.3 Å². The van der Waals surface area contributed by atoms with Gasteiger partial charge in [-0.15, -0.1) is 11.3 Å². The van der Waals surface area contributed by atoms with Gasteiger partial charge in [0, 0.05) is 37.3 Å². The molecule has 9 nitrogen and oxygen atoms in total. The second kappa shape index (κ2) is 13.4. The molecule has 0 aliphatic carbocycles. The normalized spacial score (nSPS) is 14.3. The van der Waals surface area contributed by atoms with E-state index in [4.69, 9.17) is 14.7 Å². The van der Waals surface area contributed by atoms with Crippen LogP contribution in [-0.4, -0.2) is 67.7 Å². The molecule has 4 aromatic rings. The van der Waals surface area contributed by atoms with Gasteiger partial charge < -0.3 is 10.1 Å². The number of thiazole rings is 1. The fourth-order valence-electron chi connectivity index (χ4n) is 4.54. The molecule has 0 bridgehead atoms. The van der Waals surface area contributed by atoms with E-state index in [-0.39, 0.29) is 5.92 Å². The number of rotatable bonds is 11. The number of morpholine rings is 1. The maximum Gasteiger partial charge on any atom is 0.267 e. The number of aromatic nitrogens is 3. The molecule has 43 heavy (non-hydrogen) atoms. The quantitative estimate of drug-likeness (QED) is 0.202. The van der Waals surface area contributed by atoms with Gasteiger partial charge in [0.1, 0.15) is 17.5 Å². The van der Waals surface area contributed by atoms with Crippen LogP contribution in [0.25, 0.3) is 21.8 Å². The van der Waals surface area contributed by atoms with E-state index in [2.05, 4.69) is 15.2 Å². The average molecular weight is 633 g/mol. The zero-order chi connectivity index (χ0) is 30.6. The zero-order valence-corrected chi connectivity index (χ0v) is 25.2. The zero-order valence-electron chi connectivity index (χ0n) is 23.6. The molecule has 0 spiro atoms. The maximum atomic E-state index is 14.8. The Kier molecular flexibility index (Phi) is 9.59. The first-order chi connectivity index (χ1) is 20.6. The molecule has 1 aliphatic heterocycles. The Morgan fingerprint density at radius 1 is 1.02 bits per heavy atom. The van der Waals surface area contributed by atoms with E-state index in [9.17, 15) is 21.6 Å². The molecule has 228 valence electrons. The first-order valence-corrected chi connectivity index (χ1v) is 16.1. The molecule has 3 heterocycles. The van der Waals surface area contributed by atoms with Gasteiger partial charge in [-0.3, -0.25) is 9.62 Å². The van der Waals surface area contributed by atoms with Crippen LogP contribution in [0.5, 0.6) is 0 Å². The van der Waals surface area contributed by atoms with Crippen molar-refractivity contribution >= 4 is 33.0 Å². The van der Waals surface area contributed by atoms with E-state index in [1.54, 1.807) is 12.3 Å². The number of nitrogens with zero attached hydrogens (tertiary/aromatic N) is 4. The summed E-state index contributed by atoms with van der Waals surface area (Å²) in [6, 6.07) is 8.20. The minimum Gasteiger partial charge on any atom is -0.379 e. The molecule has 2 aromatic heterocycles. The second-order valence-electron chi connectivity index (χ2n) is 10.2. The smallest absolute Gasteiger partial charge is 0.267 e. The van der Waals surface area contributed by atoms with Crippen molar-refractivity contribution in [3.63, 3.8) is 0 Å². The van der Waals surface area contributed by atoms with Crippen molar-refractivity contribution in [1.29, 1.82) is 0 Å². The van der Waals surface area contributed by atoms with Crippen LogP contribution in [0.3, 0.4) is 0 Å². The predicted molar refractivity (Wildman–Crippen MR) is 160 cm³/mol.